The van der Waals surface area contributed by atoms with E-state index in [1.165, 1.54) is 0 Å². The molecule has 0 saturated heterocycles. The molecule has 1 atom stereocenters. The number of hydrogen-bond donors (Lipinski definition) is 1. The fraction of sp³-hybridized carbons (Fsp3) is 0.417. The average molecular weight is 267 g/mol. The maximum Gasteiger partial charge on any atom is 0.266 e. The minimum absolute atomic E-state index is 0.0403. The van der Waals surface area contributed by atoms with Gasteiger partial charge in [0.1, 0.15) is 5.69 Å². The molecule has 0 amide bonds. The van der Waals surface area contributed by atoms with Crippen molar-refractivity contribution >= 4 is 11.6 Å². The SMILES string of the molecule is CCCNC(C)c1nnc(-c2ccc(Cl)cn2)o1. The summed E-state index contributed by atoms with van der Waals surface area (Å²) in [4.78, 5) is 4.13. The van der Waals surface area contributed by atoms with E-state index in [2.05, 4.69) is 27.4 Å². The van der Waals surface area contributed by atoms with Gasteiger partial charge in [-0.1, -0.05) is 18.5 Å². The van der Waals surface area contributed by atoms with Gasteiger partial charge in [-0.15, -0.1) is 10.2 Å². The van der Waals surface area contributed by atoms with Gasteiger partial charge in [0, 0.05) is 6.20 Å². The van der Waals surface area contributed by atoms with Crippen LogP contribution in [0.2, 0.25) is 5.02 Å². The summed E-state index contributed by atoms with van der Waals surface area (Å²) < 4.78 is 5.58. The van der Waals surface area contributed by atoms with Crippen LogP contribution >= 0.6 is 11.6 Å². The molecule has 0 aliphatic rings. The van der Waals surface area contributed by atoms with Crippen molar-refractivity contribution in [3.8, 4) is 11.6 Å². The molecule has 1 N–H and O–H groups in total. The largest absolute Gasteiger partial charge is 0.418 e. The van der Waals surface area contributed by atoms with Crippen LogP contribution in [0.25, 0.3) is 11.6 Å². The van der Waals surface area contributed by atoms with Gasteiger partial charge >= 0.3 is 0 Å². The molecule has 2 aromatic rings. The van der Waals surface area contributed by atoms with Crippen LogP contribution < -0.4 is 5.32 Å². The summed E-state index contributed by atoms with van der Waals surface area (Å²) in [6, 6.07) is 3.54. The monoisotopic (exact) mass is 266 g/mol. The van der Waals surface area contributed by atoms with Crippen molar-refractivity contribution in [3.63, 3.8) is 0 Å². The normalized spacial score (nSPS) is 12.6. The zero-order valence-corrected chi connectivity index (χ0v) is 11.1. The number of rotatable bonds is 5. The maximum absolute atomic E-state index is 5.77. The lowest BCUT2D eigenvalue weighted by atomic mass is 10.3. The van der Waals surface area contributed by atoms with Crippen LogP contribution in [-0.2, 0) is 0 Å². The lowest BCUT2D eigenvalue weighted by Gasteiger charge is -2.07. The summed E-state index contributed by atoms with van der Waals surface area (Å²) in [6.45, 7) is 5.01. The number of hydrogen-bond acceptors (Lipinski definition) is 5. The Morgan fingerprint density at radius 3 is 2.89 bits per heavy atom. The Kier molecular flexibility index (Phi) is 4.28. The van der Waals surface area contributed by atoms with Gasteiger partial charge < -0.3 is 9.73 Å². The first-order valence-corrected chi connectivity index (χ1v) is 6.27. The Labute approximate surface area is 111 Å². The van der Waals surface area contributed by atoms with Gasteiger partial charge in [0.25, 0.3) is 5.89 Å². The first kappa shape index (κ1) is 13.0. The third kappa shape index (κ3) is 3.05. The molecule has 5 nitrogen and oxygen atoms in total. The predicted octanol–water partition coefficient (Wildman–Crippen LogP) is 2.85. The van der Waals surface area contributed by atoms with Gasteiger partial charge in [-0.2, -0.15) is 0 Å². The summed E-state index contributed by atoms with van der Waals surface area (Å²) in [5.74, 6) is 0.974. The summed E-state index contributed by atoms with van der Waals surface area (Å²) in [5, 5.41) is 11.9. The smallest absolute Gasteiger partial charge is 0.266 e. The second-order valence-corrected chi connectivity index (χ2v) is 4.42. The standard InChI is InChI=1S/C12H15ClN4O/c1-3-6-14-8(2)11-16-17-12(18-11)10-5-4-9(13)7-15-10/h4-5,7-8,14H,3,6H2,1-2H3. The van der Waals surface area contributed by atoms with E-state index >= 15 is 0 Å². The van der Waals surface area contributed by atoms with Crippen molar-refractivity contribution < 1.29 is 4.42 Å². The van der Waals surface area contributed by atoms with Gasteiger partial charge in [-0.3, -0.25) is 0 Å². The van der Waals surface area contributed by atoms with Crippen LogP contribution in [0.15, 0.2) is 22.7 Å². The Bertz CT molecular complexity index is 497. The van der Waals surface area contributed by atoms with Gasteiger partial charge in [0.05, 0.1) is 11.1 Å². The summed E-state index contributed by atoms with van der Waals surface area (Å²) >= 11 is 5.77. The van der Waals surface area contributed by atoms with Crippen LogP contribution in [0.3, 0.4) is 0 Å². The van der Waals surface area contributed by atoms with Gasteiger partial charge in [0.15, 0.2) is 0 Å². The van der Waals surface area contributed by atoms with Gasteiger partial charge in [-0.25, -0.2) is 4.98 Å². The second kappa shape index (κ2) is 5.93. The number of nitrogens with zero attached hydrogens (tertiary/aromatic N) is 3. The molecule has 0 radical (unpaired) electrons. The van der Waals surface area contributed by atoms with Crippen molar-refractivity contribution in [1.82, 2.24) is 20.5 Å². The first-order valence-electron chi connectivity index (χ1n) is 5.89. The van der Waals surface area contributed by atoms with Crippen LogP contribution in [0.4, 0.5) is 0 Å². The molecule has 2 rings (SSSR count). The third-order valence-corrected chi connectivity index (χ3v) is 2.68. The molecule has 0 aliphatic heterocycles. The molecule has 1 unspecified atom stereocenters. The highest BCUT2D eigenvalue weighted by atomic mass is 35.5. The lowest BCUT2D eigenvalue weighted by molar-refractivity contribution is 0.422. The number of aromatic nitrogens is 3. The van der Waals surface area contributed by atoms with Crippen LogP contribution in [-0.4, -0.2) is 21.7 Å². The van der Waals surface area contributed by atoms with Crippen molar-refractivity contribution in [3.05, 3.63) is 29.2 Å². The number of pyridine rings is 1. The summed E-state index contributed by atoms with van der Waals surface area (Å²) in [6.07, 6.45) is 2.61. The third-order valence-electron chi connectivity index (χ3n) is 2.46. The van der Waals surface area contributed by atoms with E-state index in [1.54, 1.807) is 18.3 Å². The lowest BCUT2D eigenvalue weighted by Crippen LogP contribution is -2.19. The van der Waals surface area contributed by atoms with E-state index in [0.717, 1.165) is 13.0 Å². The van der Waals surface area contributed by atoms with Crippen LogP contribution in [0.5, 0.6) is 0 Å². The van der Waals surface area contributed by atoms with E-state index in [4.69, 9.17) is 16.0 Å². The van der Waals surface area contributed by atoms with Gasteiger partial charge in [-0.05, 0) is 32.0 Å². The molecule has 96 valence electrons. The van der Waals surface area contributed by atoms with E-state index < -0.39 is 0 Å². The first-order chi connectivity index (χ1) is 8.70. The average Bonchev–Trinajstić information content (AvgIpc) is 2.86. The van der Waals surface area contributed by atoms with Crippen molar-refractivity contribution in [1.29, 1.82) is 0 Å². The molecule has 18 heavy (non-hydrogen) atoms. The molecular weight excluding hydrogens is 252 g/mol. The topological polar surface area (TPSA) is 63.8 Å². The molecule has 0 saturated carbocycles. The van der Waals surface area contributed by atoms with Gasteiger partial charge in [0.2, 0.25) is 5.89 Å². The van der Waals surface area contributed by atoms with Crippen molar-refractivity contribution in [2.24, 2.45) is 0 Å². The maximum atomic E-state index is 5.77. The Hall–Kier alpha value is -1.46. The molecule has 2 aromatic heterocycles. The van der Waals surface area contributed by atoms with E-state index in [9.17, 15) is 0 Å². The highest BCUT2D eigenvalue weighted by Crippen LogP contribution is 2.19. The number of nitrogens with one attached hydrogen (secondary N) is 1. The fourth-order valence-electron chi connectivity index (χ4n) is 1.46. The predicted molar refractivity (Wildman–Crippen MR) is 69.2 cm³/mol. The molecule has 2 heterocycles. The Balaban J connectivity index is 2.12. The molecular formula is C12H15ClN4O. The quantitative estimate of drug-likeness (QED) is 0.902. The van der Waals surface area contributed by atoms with E-state index in [0.29, 0.717) is 22.5 Å². The molecule has 0 aromatic carbocycles. The molecule has 6 heteroatoms. The van der Waals surface area contributed by atoms with Crippen molar-refractivity contribution in [2.45, 2.75) is 26.3 Å². The molecule has 0 aliphatic carbocycles. The Morgan fingerprint density at radius 2 is 2.22 bits per heavy atom. The van der Waals surface area contributed by atoms with E-state index in [1.807, 2.05) is 6.92 Å². The Morgan fingerprint density at radius 1 is 1.39 bits per heavy atom. The summed E-state index contributed by atoms with van der Waals surface area (Å²) in [7, 11) is 0. The van der Waals surface area contributed by atoms with Crippen LogP contribution in [0, 0.1) is 0 Å². The highest BCUT2D eigenvalue weighted by molar-refractivity contribution is 6.30. The second-order valence-electron chi connectivity index (χ2n) is 3.98. The molecule has 0 bridgehead atoms. The zero-order valence-electron chi connectivity index (χ0n) is 10.4. The highest BCUT2D eigenvalue weighted by Gasteiger charge is 2.14. The molecule has 0 fully saturated rings. The van der Waals surface area contributed by atoms with Crippen molar-refractivity contribution in [2.75, 3.05) is 6.54 Å². The minimum atomic E-state index is 0.0403. The zero-order chi connectivity index (χ0) is 13.0. The summed E-state index contributed by atoms with van der Waals surface area (Å²) in [5.41, 5.74) is 0.626. The number of halogens is 1. The molecule has 0 spiro atoms. The minimum Gasteiger partial charge on any atom is -0.418 e. The van der Waals surface area contributed by atoms with Crippen LogP contribution in [0.1, 0.15) is 32.2 Å². The van der Waals surface area contributed by atoms with E-state index in [-0.39, 0.29) is 6.04 Å². The fourth-order valence-corrected chi connectivity index (χ4v) is 1.58.